The van der Waals surface area contributed by atoms with E-state index in [1.54, 1.807) is 13.0 Å². The van der Waals surface area contributed by atoms with E-state index < -0.39 is 0 Å². The number of ether oxygens (including phenoxy) is 1. The van der Waals surface area contributed by atoms with Crippen LogP contribution in [0.1, 0.15) is 12.5 Å². The van der Waals surface area contributed by atoms with Crippen LogP contribution in [0, 0.1) is 6.92 Å². The van der Waals surface area contributed by atoms with Crippen molar-refractivity contribution in [2.45, 2.75) is 13.8 Å². The van der Waals surface area contributed by atoms with Crippen molar-refractivity contribution in [3.05, 3.63) is 28.2 Å². The smallest absolute Gasteiger partial charge is 0.315 e. The zero-order chi connectivity index (χ0) is 17.2. The van der Waals surface area contributed by atoms with Gasteiger partial charge in [0.05, 0.1) is 24.7 Å². The van der Waals surface area contributed by atoms with Crippen molar-refractivity contribution < 1.29 is 19.1 Å². The number of nitrogens with one attached hydrogen (secondary N) is 2. The molecule has 2 amide bonds. The number of anilines is 1. The highest BCUT2D eigenvalue weighted by atomic mass is 79.9. The van der Waals surface area contributed by atoms with Gasteiger partial charge in [0, 0.05) is 10.2 Å². The summed E-state index contributed by atoms with van der Waals surface area (Å²) in [6.07, 6.45) is 0. The molecule has 0 bridgehead atoms. The first-order chi connectivity index (χ1) is 10.9. The largest absolute Gasteiger partial charge is 0.465 e. The first kappa shape index (κ1) is 19.5. The molecule has 2 N–H and O–H groups in total. The molecule has 0 spiro atoms. The Hall–Kier alpha value is -1.54. The SMILES string of the molecule is CCOC(=O)CSCC(=O)NCC(=O)Nc1ccc(Br)cc1C. The zero-order valence-corrected chi connectivity index (χ0v) is 15.4. The molecule has 23 heavy (non-hydrogen) atoms. The lowest BCUT2D eigenvalue weighted by molar-refractivity contribution is -0.139. The number of carbonyl (C=O) groups excluding carboxylic acids is 3. The van der Waals surface area contributed by atoms with Gasteiger partial charge in [-0.2, -0.15) is 0 Å². The summed E-state index contributed by atoms with van der Waals surface area (Å²) in [5.41, 5.74) is 1.62. The number of carbonyl (C=O) groups is 3. The number of hydrogen-bond donors (Lipinski definition) is 2. The second-order valence-electron chi connectivity index (χ2n) is 4.58. The van der Waals surface area contributed by atoms with Crippen LogP contribution in [0.4, 0.5) is 5.69 Å². The zero-order valence-electron chi connectivity index (χ0n) is 13.0. The van der Waals surface area contributed by atoms with Gasteiger partial charge in [0.2, 0.25) is 11.8 Å². The molecular formula is C15H19BrN2O4S. The average molecular weight is 403 g/mol. The van der Waals surface area contributed by atoms with Crippen molar-refractivity contribution in [3.63, 3.8) is 0 Å². The predicted molar refractivity (Wildman–Crippen MR) is 94.5 cm³/mol. The Morgan fingerprint density at radius 3 is 2.61 bits per heavy atom. The summed E-state index contributed by atoms with van der Waals surface area (Å²) in [7, 11) is 0. The molecule has 6 nitrogen and oxygen atoms in total. The van der Waals surface area contributed by atoms with Gasteiger partial charge in [-0.3, -0.25) is 14.4 Å². The maximum atomic E-state index is 11.8. The van der Waals surface area contributed by atoms with Crippen molar-refractivity contribution >= 4 is 51.2 Å². The van der Waals surface area contributed by atoms with Crippen LogP contribution in [0.25, 0.3) is 0 Å². The molecule has 0 unspecified atom stereocenters. The monoisotopic (exact) mass is 402 g/mol. The summed E-state index contributed by atoms with van der Waals surface area (Å²) in [5.74, 6) is -0.746. The number of aryl methyl sites for hydroxylation is 1. The standard InChI is InChI=1S/C15H19BrN2O4S/c1-3-22-15(21)9-23-8-14(20)17-7-13(19)18-12-5-4-11(16)6-10(12)2/h4-6H,3,7-9H2,1-2H3,(H,17,20)(H,18,19). The predicted octanol–water partition coefficient (Wildman–Crippen LogP) is 2.11. The lowest BCUT2D eigenvalue weighted by Gasteiger charge is -2.09. The summed E-state index contributed by atoms with van der Waals surface area (Å²) in [4.78, 5) is 34.5. The third kappa shape index (κ3) is 8.03. The van der Waals surface area contributed by atoms with Gasteiger partial charge in [0.15, 0.2) is 0 Å². The number of thioether (sulfide) groups is 1. The molecule has 0 atom stereocenters. The summed E-state index contributed by atoms with van der Waals surface area (Å²) < 4.78 is 5.68. The van der Waals surface area contributed by atoms with Gasteiger partial charge in [0.1, 0.15) is 0 Å². The van der Waals surface area contributed by atoms with Gasteiger partial charge in [-0.05, 0) is 37.6 Å². The molecule has 0 saturated heterocycles. The topological polar surface area (TPSA) is 84.5 Å². The molecule has 0 aliphatic heterocycles. The molecule has 1 aromatic rings. The van der Waals surface area contributed by atoms with Crippen LogP contribution in [-0.2, 0) is 19.1 Å². The number of amides is 2. The molecular weight excluding hydrogens is 384 g/mol. The van der Waals surface area contributed by atoms with E-state index in [4.69, 9.17) is 4.74 Å². The molecule has 0 fully saturated rings. The van der Waals surface area contributed by atoms with Crippen molar-refractivity contribution in [1.82, 2.24) is 5.32 Å². The Morgan fingerprint density at radius 1 is 1.22 bits per heavy atom. The Labute approximate surface area is 147 Å². The molecule has 1 rings (SSSR count). The Balaban J connectivity index is 2.27. The summed E-state index contributed by atoms with van der Waals surface area (Å²) in [6, 6.07) is 5.50. The summed E-state index contributed by atoms with van der Waals surface area (Å²) >= 11 is 4.50. The van der Waals surface area contributed by atoms with E-state index >= 15 is 0 Å². The molecule has 0 saturated carbocycles. The molecule has 0 aromatic heterocycles. The number of hydrogen-bond acceptors (Lipinski definition) is 5. The summed E-state index contributed by atoms with van der Waals surface area (Å²) in [6.45, 7) is 3.81. The first-order valence-corrected chi connectivity index (χ1v) is 8.93. The molecule has 1 aromatic carbocycles. The second kappa shape index (κ2) is 10.3. The Bertz CT molecular complexity index is 581. The average Bonchev–Trinajstić information content (AvgIpc) is 2.48. The van der Waals surface area contributed by atoms with Gasteiger partial charge in [-0.15, -0.1) is 11.8 Å². The molecule has 0 aliphatic carbocycles. The fourth-order valence-corrected chi connectivity index (χ4v) is 2.74. The fourth-order valence-electron chi connectivity index (χ4n) is 1.62. The molecule has 0 radical (unpaired) electrons. The van der Waals surface area contributed by atoms with Crippen LogP contribution >= 0.6 is 27.7 Å². The highest BCUT2D eigenvalue weighted by Gasteiger charge is 2.09. The van der Waals surface area contributed by atoms with Gasteiger partial charge in [-0.1, -0.05) is 15.9 Å². The van der Waals surface area contributed by atoms with E-state index in [1.165, 1.54) is 0 Å². The molecule has 0 aliphatic rings. The van der Waals surface area contributed by atoms with E-state index in [2.05, 4.69) is 26.6 Å². The van der Waals surface area contributed by atoms with E-state index in [-0.39, 0.29) is 35.8 Å². The van der Waals surface area contributed by atoms with Crippen molar-refractivity contribution in [2.24, 2.45) is 0 Å². The van der Waals surface area contributed by atoms with E-state index in [0.717, 1.165) is 21.8 Å². The van der Waals surface area contributed by atoms with Crippen molar-refractivity contribution in [2.75, 3.05) is 30.0 Å². The van der Waals surface area contributed by atoms with Crippen molar-refractivity contribution in [1.29, 1.82) is 0 Å². The highest BCUT2D eigenvalue weighted by molar-refractivity contribution is 9.10. The number of esters is 1. The second-order valence-corrected chi connectivity index (χ2v) is 6.48. The van der Waals surface area contributed by atoms with Gasteiger partial charge in [0.25, 0.3) is 0 Å². The molecule has 0 heterocycles. The molecule has 126 valence electrons. The van der Waals surface area contributed by atoms with E-state index in [9.17, 15) is 14.4 Å². The van der Waals surface area contributed by atoms with Crippen LogP contribution in [-0.4, -0.2) is 42.4 Å². The van der Waals surface area contributed by atoms with Gasteiger partial charge >= 0.3 is 5.97 Å². The number of rotatable bonds is 8. The lowest BCUT2D eigenvalue weighted by Crippen LogP contribution is -2.34. The van der Waals surface area contributed by atoms with Crippen LogP contribution in [0.2, 0.25) is 0 Å². The van der Waals surface area contributed by atoms with Crippen molar-refractivity contribution in [3.8, 4) is 0 Å². The normalized spacial score (nSPS) is 10.0. The quantitative estimate of drug-likeness (QED) is 0.650. The highest BCUT2D eigenvalue weighted by Crippen LogP contribution is 2.19. The van der Waals surface area contributed by atoms with Crippen LogP contribution in [0.3, 0.4) is 0 Å². The minimum absolute atomic E-state index is 0.101. The van der Waals surface area contributed by atoms with Gasteiger partial charge < -0.3 is 15.4 Å². The van der Waals surface area contributed by atoms with Crippen LogP contribution < -0.4 is 10.6 Å². The third-order valence-corrected chi connectivity index (χ3v) is 4.07. The summed E-state index contributed by atoms with van der Waals surface area (Å²) in [5, 5.41) is 5.23. The molecule has 8 heteroatoms. The van der Waals surface area contributed by atoms with Crippen LogP contribution in [0.15, 0.2) is 22.7 Å². The number of halogens is 1. The number of benzene rings is 1. The Morgan fingerprint density at radius 2 is 1.96 bits per heavy atom. The minimum atomic E-state index is -0.353. The van der Waals surface area contributed by atoms with E-state index in [1.807, 2.05) is 19.1 Å². The lowest BCUT2D eigenvalue weighted by atomic mass is 10.2. The van der Waals surface area contributed by atoms with Crippen LogP contribution in [0.5, 0.6) is 0 Å². The maximum Gasteiger partial charge on any atom is 0.315 e. The third-order valence-electron chi connectivity index (χ3n) is 2.67. The van der Waals surface area contributed by atoms with E-state index in [0.29, 0.717) is 12.3 Å². The fraction of sp³-hybridized carbons (Fsp3) is 0.400. The maximum absolute atomic E-state index is 11.8. The first-order valence-electron chi connectivity index (χ1n) is 6.98. The Kier molecular flexibility index (Phi) is 8.71. The minimum Gasteiger partial charge on any atom is -0.465 e. The van der Waals surface area contributed by atoms with Gasteiger partial charge in [-0.25, -0.2) is 0 Å².